The number of methoxy groups -OCH3 is 1. The summed E-state index contributed by atoms with van der Waals surface area (Å²) in [5.74, 6) is 1.40. The molecule has 4 aromatic rings. The van der Waals surface area contributed by atoms with Crippen molar-refractivity contribution in [2.75, 3.05) is 12.4 Å². The Morgan fingerprint density at radius 3 is 2.75 bits per heavy atom. The summed E-state index contributed by atoms with van der Waals surface area (Å²) in [6.07, 6.45) is 1.87. The number of ether oxygens (including phenoxy) is 1. The third-order valence-electron chi connectivity index (χ3n) is 4.49. The molecule has 2 aromatic carbocycles. The number of para-hydroxylation sites is 1. The number of nitrogens with zero attached hydrogens (tertiary/aromatic N) is 3. The number of anilines is 1. The second-order valence-corrected chi connectivity index (χ2v) is 6.57. The van der Waals surface area contributed by atoms with E-state index < -0.39 is 0 Å². The smallest absolute Gasteiger partial charge is 0.249 e. The van der Waals surface area contributed by atoms with Crippen molar-refractivity contribution in [2.24, 2.45) is 0 Å². The Bertz CT molecular complexity index is 1160. The maximum Gasteiger partial charge on any atom is 0.249 e. The van der Waals surface area contributed by atoms with E-state index in [9.17, 15) is 4.79 Å². The number of aromatic nitrogens is 3. The van der Waals surface area contributed by atoms with Gasteiger partial charge < -0.3 is 19.0 Å². The number of nitrogens with one attached hydrogen (secondary N) is 1. The molecule has 1 N–H and O–H groups in total. The number of rotatable bonds is 5. The molecular weight excluding hydrogens is 356 g/mol. The fourth-order valence-electron chi connectivity index (χ4n) is 3.22. The topological polar surface area (TPSA) is 82.2 Å². The van der Waals surface area contributed by atoms with E-state index in [1.54, 1.807) is 14.0 Å². The van der Waals surface area contributed by atoms with Crippen molar-refractivity contribution in [1.82, 2.24) is 14.8 Å². The highest BCUT2D eigenvalue weighted by atomic mass is 16.5. The fourth-order valence-corrected chi connectivity index (χ4v) is 3.22. The summed E-state index contributed by atoms with van der Waals surface area (Å²) in [6.45, 7) is 3.86. The standard InChI is InChI=1S/C21H20N4O3/c1-13-8-9-19(27-3)17(10-13)22-20(26)12-25-11-16(21-24-23-14(2)28-21)15-6-4-5-7-18(15)25/h4-11H,12H2,1-3H3,(H,22,26). The van der Waals surface area contributed by atoms with Crippen molar-refractivity contribution in [2.45, 2.75) is 20.4 Å². The molecule has 0 aliphatic heterocycles. The molecule has 142 valence electrons. The largest absolute Gasteiger partial charge is 0.495 e. The van der Waals surface area contributed by atoms with Crippen LogP contribution in [0.3, 0.4) is 0 Å². The van der Waals surface area contributed by atoms with Crippen LogP contribution in [0.5, 0.6) is 5.75 Å². The Balaban J connectivity index is 1.65. The lowest BCUT2D eigenvalue weighted by Gasteiger charge is -2.12. The Hall–Kier alpha value is -3.61. The van der Waals surface area contributed by atoms with Crippen LogP contribution in [0.25, 0.3) is 22.4 Å². The minimum Gasteiger partial charge on any atom is -0.495 e. The van der Waals surface area contributed by atoms with E-state index in [1.807, 2.05) is 60.2 Å². The number of carbonyl (C=O) groups excluding carboxylic acids is 1. The van der Waals surface area contributed by atoms with Crippen molar-refractivity contribution < 1.29 is 13.9 Å². The van der Waals surface area contributed by atoms with Crippen LogP contribution in [-0.4, -0.2) is 27.8 Å². The van der Waals surface area contributed by atoms with E-state index >= 15 is 0 Å². The highest BCUT2D eigenvalue weighted by Gasteiger charge is 2.17. The number of amides is 1. The number of hydrogen-bond acceptors (Lipinski definition) is 5. The van der Waals surface area contributed by atoms with Gasteiger partial charge in [-0.1, -0.05) is 24.3 Å². The van der Waals surface area contributed by atoms with Gasteiger partial charge in [-0.2, -0.15) is 0 Å². The molecule has 2 heterocycles. The quantitative estimate of drug-likeness (QED) is 0.570. The van der Waals surface area contributed by atoms with Crippen LogP contribution in [-0.2, 0) is 11.3 Å². The van der Waals surface area contributed by atoms with E-state index in [1.165, 1.54) is 0 Å². The van der Waals surface area contributed by atoms with E-state index in [0.29, 0.717) is 23.2 Å². The zero-order valence-electron chi connectivity index (χ0n) is 15.9. The summed E-state index contributed by atoms with van der Waals surface area (Å²) in [5, 5.41) is 11.9. The van der Waals surface area contributed by atoms with E-state index in [-0.39, 0.29) is 12.5 Å². The van der Waals surface area contributed by atoms with Gasteiger partial charge in [0.25, 0.3) is 0 Å². The second-order valence-electron chi connectivity index (χ2n) is 6.57. The first-order valence-corrected chi connectivity index (χ1v) is 8.88. The van der Waals surface area contributed by atoms with Crippen molar-refractivity contribution >= 4 is 22.5 Å². The van der Waals surface area contributed by atoms with Gasteiger partial charge in [-0.05, 0) is 30.7 Å². The van der Waals surface area contributed by atoms with Crippen LogP contribution in [0.15, 0.2) is 53.1 Å². The predicted molar refractivity (Wildman–Crippen MR) is 106 cm³/mol. The summed E-state index contributed by atoms with van der Waals surface area (Å²) in [7, 11) is 1.58. The van der Waals surface area contributed by atoms with Crippen LogP contribution in [0, 0.1) is 13.8 Å². The van der Waals surface area contributed by atoms with Crippen molar-refractivity contribution in [3.05, 3.63) is 60.1 Å². The molecule has 28 heavy (non-hydrogen) atoms. The molecule has 7 nitrogen and oxygen atoms in total. The number of fused-ring (bicyclic) bond motifs is 1. The van der Waals surface area contributed by atoms with Crippen molar-refractivity contribution in [1.29, 1.82) is 0 Å². The first-order valence-electron chi connectivity index (χ1n) is 8.88. The molecule has 0 saturated carbocycles. The molecule has 0 atom stereocenters. The van der Waals surface area contributed by atoms with Gasteiger partial charge in [0.05, 0.1) is 18.4 Å². The molecule has 1 amide bonds. The van der Waals surface area contributed by atoms with E-state index in [0.717, 1.165) is 22.0 Å². The number of hydrogen-bond donors (Lipinski definition) is 1. The molecule has 0 spiro atoms. The zero-order chi connectivity index (χ0) is 19.7. The first kappa shape index (κ1) is 17.8. The Kier molecular flexibility index (Phi) is 4.57. The Morgan fingerprint density at radius 1 is 1.18 bits per heavy atom. The fraction of sp³-hybridized carbons (Fsp3) is 0.190. The molecule has 0 unspecified atom stereocenters. The average Bonchev–Trinajstić information content (AvgIpc) is 3.26. The van der Waals surface area contributed by atoms with Gasteiger partial charge in [-0.25, -0.2) is 0 Å². The van der Waals surface area contributed by atoms with Crippen LogP contribution in [0.1, 0.15) is 11.5 Å². The van der Waals surface area contributed by atoms with Crippen LogP contribution in [0.4, 0.5) is 5.69 Å². The van der Waals surface area contributed by atoms with Gasteiger partial charge in [0.15, 0.2) is 0 Å². The molecular formula is C21H20N4O3. The minimum absolute atomic E-state index is 0.144. The summed E-state index contributed by atoms with van der Waals surface area (Å²) in [5.41, 5.74) is 3.41. The highest BCUT2D eigenvalue weighted by molar-refractivity contribution is 5.97. The van der Waals surface area contributed by atoms with Crippen LogP contribution >= 0.6 is 0 Å². The number of carbonyl (C=O) groups is 1. The maximum absolute atomic E-state index is 12.7. The molecule has 7 heteroatoms. The zero-order valence-corrected chi connectivity index (χ0v) is 15.9. The van der Waals surface area contributed by atoms with Gasteiger partial charge in [0.1, 0.15) is 12.3 Å². The summed E-state index contributed by atoms with van der Waals surface area (Å²) in [6, 6.07) is 13.5. The summed E-state index contributed by atoms with van der Waals surface area (Å²) >= 11 is 0. The number of aryl methyl sites for hydroxylation is 2. The summed E-state index contributed by atoms with van der Waals surface area (Å²) < 4.78 is 12.8. The molecule has 0 fully saturated rings. The Morgan fingerprint density at radius 2 is 2.00 bits per heavy atom. The first-order chi connectivity index (χ1) is 13.5. The molecule has 0 bridgehead atoms. The third kappa shape index (κ3) is 3.34. The number of benzene rings is 2. The normalized spacial score (nSPS) is 11.0. The van der Waals surface area contributed by atoms with Crippen molar-refractivity contribution in [3.63, 3.8) is 0 Å². The molecule has 0 aliphatic carbocycles. The van der Waals surface area contributed by atoms with E-state index in [2.05, 4.69) is 15.5 Å². The maximum atomic E-state index is 12.7. The van der Waals surface area contributed by atoms with Crippen molar-refractivity contribution in [3.8, 4) is 17.2 Å². The van der Waals surface area contributed by atoms with Gasteiger partial charge in [-0.3, -0.25) is 4.79 Å². The minimum atomic E-state index is -0.155. The van der Waals surface area contributed by atoms with E-state index in [4.69, 9.17) is 9.15 Å². The van der Waals surface area contributed by atoms with Crippen LogP contribution in [0.2, 0.25) is 0 Å². The third-order valence-corrected chi connectivity index (χ3v) is 4.49. The lowest BCUT2D eigenvalue weighted by molar-refractivity contribution is -0.116. The summed E-state index contributed by atoms with van der Waals surface area (Å²) in [4.78, 5) is 12.7. The van der Waals surface area contributed by atoms with Gasteiger partial charge in [-0.15, -0.1) is 10.2 Å². The average molecular weight is 376 g/mol. The highest BCUT2D eigenvalue weighted by Crippen LogP contribution is 2.30. The predicted octanol–water partition coefficient (Wildman–Crippen LogP) is 3.96. The van der Waals surface area contributed by atoms with Crippen LogP contribution < -0.4 is 10.1 Å². The molecule has 2 aromatic heterocycles. The Labute approximate surface area is 161 Å². The van der Waals surface area contributed by atoms with Gasteiger partial charge in [0.2, 0.25) is 17.7 Å². The van der Waals surface area contributed by atoms with Gasteiger partial charge in [0, 0.05) is 24.0 Å². The lowest BCUT2D eigenvalue weighted by Crippen LogP contribution is -2.18. The molecule has 0 aliphatic rings. The molecule has 0 radical (unpaired) electrons. The molecule has 4 rings (SSSR count). The SMILES string of the molecule is COc1ccc(C)cc1NC(=O)Cn1cc(-c2nnc(C)o2)c2ccccc21. The van der Waals surface area contributed by atoms with Gasteiger partial charge >= 0.3 is 0 Å². The monoisotopic (exact) mass is 376 g/mol. The second kappa shape index (κ2) is 7.19. The lowest BCUT2D eigenvalue weighted by atomic mass is 10.2. The molecule has 0 saturated heterocycles.